The van der Waals surface area contributed by atoms with Crippen LogP contribution in [0.5, 0.6) is 17.2 Å². The van der Waals surface area contributed by atoms with E-state index >= 15 is 0 Å². The van der Waals surface area contributed by atoms with Crippen LogP contribution in [0, 0.1) is 13.8 Å². The van der Waals surface area contributed by atoms with Crippen LogP contribution in [0.25, 0.3) is 22.3 Å². The summed E-state index contributed by atoms with van der Waals surface area (Å²) in [5.74, 6) is 1.53. The Morgan fingerprint density at radius 3 is 2.41 bits per heavy atom. The number of halogens is 1. The predicted molar refractivity (Wildman–Crippen MR) is 126 cm³/mol. The fourth-order valence-electron chi connectivity index (χ4n) is 3.74. The van der Waals surface area contributed by atoms with Crippen LogP contribution in [0.4, 0.5) is 0 Å². The van der Waals surface area contributed by atoms with E-state index in [1.165, 1.54) is 0 Å². The molecule has 5 nitrogen and oxygen atoms in total. The van der Waals surface area contributed by atoms with Crippen LogP contribution >= 0.6 is 11.6 Å². The van der Waals surface area contributed by atoms with Gasteiger partial charge in [0.05, 0.1) is 19.6 Å². The maximum absolute atomic E-state index is 13.6. The number of aryl methyl sites for hydroxylation is 2. The second-order valence-electron chi connectivity index (χ2n) is 7.49. The Morgan fingerprint density at radius 1 is 0.938 bits per heavy atom. The Morgan fingerprint density at radius 2 is 1.69 bits per heavy atom. The van der Waals surface area contributed by atoms with E-state index in [2.05, 4.69) is 0 Å². The lowest BCUT2D eigenvalue weighted by Gasteiger charge is -2.15. The molecule has 0 amide bonds. The summed E-state index contributed by atoms with van der Waals surface area (Å²) in [6.07, 6.45) is 0. The number of fused-ring (bicyclic) bond motifs is 1. The van der Waals surface area contributed by atoms with Gasteiger partial charge in [0.25, 0.3) is 0 Å². The lowest BCUT2D eigenvalue weighted by Crippen LogP contribution is -2.11. The largest absolute Gasteiger partial charge is 0.493 e. The molecular formula is C26H23ClO5. The van der Waals surface area contributed by atoms with E-state index in [1.54, 1.807) is 38.5 Å². The molecule has 4 aromatic rings. The summed E-state index contributed by atoms with van der Waals surface area (Å²) in [5, 5.41) is 1.06. The van der Waals surface area contributed by atoms with E-state index < -0.39 is 0 Å². The summed E-state index contributed by atoms with van der Waals surface area (Å²) >= 11 is 6.29. The molecule has 0 atom stereocenters. The van der Waals surface area contributed by atoms with Crippen LogP contribution in [0.15, 0.2) is 63.8 Å². The summed E-state index contributed by atoms with van der Waals surface area (Å²) in [6, 6.07) is 16.5. The third kappa shape index (κ3) is 4.04. The minimum Gasteiger partial charge on any atom is -0.493 e. The monoisotopic (exact) mass is 450 g/mol. The first-order chi connectivity index (χ1) is 15.4. The molecule has 0 spiro atoms. The van der Waals surface area contributed by atoms with E-state index in [-0.39, 0.29) is 17.8 Å². The van der Waals surface area contributed by atoms with E-state index in [0.717, 1.165) is 16.7 Å². The second-order valence-corrected chi connectivity index (χ2v) is 7.90. The Labute approximate surface area is 191 Å². The Bertz CT molecular complexity index is 1360. The molecule has 0 aliphatic rings. The molecule has 4 rings (SSSR count). The van der Waals surface area contributed by atoms with Crippen LogP contribution < -0.4 is 19.6 Å². The lowest BCUT2D eigenvalue weighted by molar-refractivity contribution is 0.298. The first kappa shape index (κ1) is 21.8. The fourth-order valence-corrected chi connectivity index (χ4v) is 3.93. The van der Waals surface area contributed by atoms with Crippen molar-refractivity contribution >= 4 is 22.6 Å². The van der Waals surface area contributed by atoms with Gasteiger partial charge in [-0.15, -0.1) is 0 Å². The summed E-state index contributed by atoms with van der Waals surface area (Å²) < 4.78 is 23.1. The van der Waals surface area contributed by atoms with Gasteiger partial charge in [-0.25, -0.2) is 0 Å². The van der Waals surface area contributed by atoms with Gasteiger partial charge >= 0.3 is 0 Å². The molecule has 0 aliphatic heterocycles. The normalized spacial score (nSPS) is 10.9. The quantitative estimate of drug-likeness (QED) is 0.343. The van der Waals surface area contributed by atoms with Crippen molar-refractivity contribution in [2.75, 3.05) is 14.2 Å². The highest BCUT2D eigenvalue weighted by atomic mass is 35.5. The number of rotatable bonds is 6. The molecule has 0 unspecified atom stereocenters. The van der Waals surface area contributed by atoms with Gasteiger partial charge in [-0.2, -0.15) is 0 Å². The molecular weight excluding hydrogens is 428 g/mol. The maximum atomic E-state index is 13.6. The van der Waals surface area contributed by atoms with Gasteiger partial charge < -0.3 is 18.6 Å². The van der Waals surface area contributed by atoms with Crippen molar-refractivity contribution in [1.29, 1.82) is 0 Å². The molecule has 0 saturated carbocycles. The van der Waals surface area contributed by atoms with Crippen LogP contribution in [0.1, 0.15) is 16.7 Å². The lowest BCUT2D eigenvalue weighted by atomic mass is 10.0. The number of hydrogen-bond acceptors (Lipinski definition) is 5. The smallest absolute Gasteiger partial charge is 0.235 e. The van der Waals surface area contributed by atoms with Crippen molar-refractivity contribution in [2.45, 2.75) is 20.5 Å². The predicted octanol–water partition coefficient (Wildman–Crippen LogP) is 6.33. The molecule has 0 saturated heterocycles. The standard InChI is InChI=1S/C26H23ClO5/c1-15-11-16(2)23-22(12-15)32-25(17-9-10-20(29-3)21(13-17)30-4)26(24(23)28)31-14-18-7-5-6-8-19(18)27/h5-13H,14H2,1-4H3. The van der Waals surface area contributed by atoms with Gasteiger partial charge in [-0.1, -0.05) is 35.9 Å². The molecule has 1 heterocycles. The van der Waals surface area contributed by atoms with Gasteiger partial charge in [-0.3, -0.25) is 4.79 Å². The zero-order chi connectivity index (χ0) is 22.8. The van der Waals surface area contributed by atoms with E-state index in [4.69, 9.17) is 30.2 Å². The molecule has 0 aliphatic carbocycles. The Balaban J connectivity index is 1.93. The highest BCUT2D eigenvalue weighted by Gasteiger charge is 2.21. The van der Waals surface area contributed by atoms with Crippen molar-refractivity contribution in [3.8, 4) is 28.6 Å². The van der Waals surface area contributed by atoms with Crippen molar-refractivity contribution in [3.05, 3.63) is 86.5 Å². The fraction of sp³-hybridized carbons (Fsp3) is 0.192. The first-order valence-corrected chi connectivity index (χ1v) is 10.5. The summed E-state index contributed by atoms with van der Waals surface area (Å²) in [5.41, 5.74) is 3.50. The molecule has 32 heavy (non-hydrogen) atoms. The summed E-state index contributed by atoms with van der Waals surface area (Å²) in [4.78, 5) is 13.6. The van der Waals surface area contributed by atoms with Gasteiger partial charge in [-0.05, 0) is 55.3 Å². The highest BCUT2D eigenvalue weighted by molar-refractivity contribution is 6.31. The topological polar surface area (TPSA) is 57.9 Å². The number of hydrogen-bond donors (Lipinski definition) is 0. The third-order valence-electron chi connectivity index (χ3n) is 5.27. The molecule has 3 aromatic carbocycles. The zero-order valence-corrected chi connectivity index (χ0v) is 19.1. The van der Waals surface area contributed by atoms with Gasteiger partial charge in [0.1, 0.15) is 12.2 Å². The van der Waals surface area contributed by atoms with Crippen molar-refractivity contribution < 1.29 is 18.6 Å². The van der Waals surface area contributed by atoms with Crippen molar-refractivity contribution in [3.63, 3.8) is 0 Å². The SMILES string of the molecule is COc1ccc(-c2oc3cc(C)cc(C)c3c(=O)c2OCc2ccccc2Cl)cc1OC. The molecule has 164 valence electrons. The molecule has 6 heteroatoms. The molecule has 0 N–H and O–H groups in total. The second kappa shape index (κ2) is 8.97. The highest BCUT2D eigenvalue weighted by Crippen LogP contribution is 2.37. The average Bonchev–Trinajstić information content (AvgIpc) is 2.78. The minimum absolute atomic E-state index is 0.122. The first-order valence-electron chi connectivity index (χ1n) is 10.1. The Kier molecular flexibility index (Phi) is 6.10. The Hall–Kier alpha value is -3.44. The van der Waals surface area contributed by atoms with E-state index in [9.17, 15) is 4.79 Å². The maximum Gasteiger partial charge on any atom is 0.235 e. The summed E-state index contributed by atoms with van der Waals surface area (Å²) in [7, 11) is 3.12. The molecule has 0 bridgehead atoms. The minimum atomic E-state index is -0.236. The number of benzene rings is 3. The van der Waals surface area contributed by atoms with E-state index in [0.29, 0.717) is 38.8 Å². The van der Waals surface area contributed by atoms with Crippen LogP contribution in [0.3, 0.4) is 0 Å². The summed E-state index contributed by atoms with van der Waals surface area (Å²) in [6.45, 7) is 3.98. The van der Waals surface area contributed by atoms with Crippen LogP contribution in [-0.4, -0.2) is 14.2 Å². The van der Waals surface area contributed by atoms with Gasteiger partial charge in [0.15, 0.2) is 17.3 Å². The van der Waals surface area contributed by atoms with Crippen molar-refractivity contribution in [2.24, 2.45) is 0 Å². The molecule has 0 radical (unpaired) electrons. The van der Waals surface area contributed by atoms with Crippen LogP contribution in [-0.2, 0) is 6.61 Å². The van der Waals surface area contributed by atoms with Crippen LogP contribution in [0.2, 0.25) is 5.02 Å². The van der Waals surface area contributed by atoms with Crippen molar-refractivity contribution in [1.82, 2.24) is 0 Å². The van der Waals surface area contributed by atoms with Gasteiger partial charge in [0.2, 0.25) is 11.2 Å². The molecule has 0 fully saturated rings. The number of ether oxygens (including phenoxy) is 3. The van der Waals surface area contributed by atoms with Gasteiger partial charge in [0, 0.05) is 16.1 Å². The molecule has 1 aromatic heterocycles. The number of methoxy groups -OCH3 is 2. The zero-order valence-electron chi connectivity index (χ0n) is 18.3. The average molecular weight is 451 g/mol. The van der Waals surface area contributed by atoms with E-state index in [1.807, 2.05) is 44.2 Å². The third-order valence-corrected chi connectivity index (χ3v) is 5.64.